The third kappa shape index (κ3) is 4.11. The van der Waals surface area contributed by atoms with Crippen LogP contribution >= 0.6 is 11.3 Å². The van der Waals surface area contributed by atoms with E-state index in [0.717, 1.165) is 5.69 Å². The minimum atomic E-state index is -0.209. The number of piperidine rings is 1. The number of hydrogen-bond donors (Lipinski definition) is 1. The van der Waals surface area contributed by atoms with Gasteiger partial charge in [-0.2, -0.15) is 0 Å². The van der Waals surface area contributed by atoms with Crippen LogP contribution in [0.4, 0.5) is 5.13 Å². The molecule has 2 amide bonds. The molecule has 1 fully saturated rings. The first-order valence-electron chi connectivity index (χ1n) is 9.89. The van der Waals surface area contributed by atoms with Crippen molar-refractivity contribution in [2.45, 2.75) is 33.2 Å². The number of anilines is 1. The first-order chi connectivity index (χ1) is 14.4. The van der Waals surface area contributed by atoms with Gasteiger partial charge in [-0.1, -0.05) is 12.1 Å². The number of likely N-dealkylation sites (tertiary alicyclic amines) is 1. The van der Waals surface area contributed by atoms with Crippen molar-refractivity contribution in [2.75, 3.05) is 18.4 Å². The Kier molecular flexibility index (Phi) is 5.63. The molecule has 0 unspecified atom stereocenters. The summed E-state index contributed by atoms with van der Waals surface area (Å²) in [5.74, 6) is 0.180. The fourth-order valence-corrected chi connectivity index (χ4v) is 4.40. The molecule has 0 bridgehead atoms. The summed E-state index contributed by atoms with van der Waals surface area (Å²) < 4.78 is 1.42. The van der Waals surface area contributed by atoms with Gasteiger partial charge >= 0.3 is 0 Å². The first-order valence-corrected chi connectivity index (χ1v) is 10.8. The van der Waals surface area contributed by atoms with Crippen LogP contribution < -0.4 is 10.9 Å². The van der Waals surface area contributed by atoms with E-state index in [1.807, 2.05) is 18.4 Å². The predicted octanol–water partition coefficient (Wildman–Crippen LogP) is 2.35. The molecule has 1 aliphatic heterocycles. The van der Waals surface area contributed by atoms with Gasteiger partial charge in [0.15, 0.2) is 5.13 Å². The average molecular weight is 426 g/mol. The number of nitrogens with one attached hydrogen (secondary N) is 1. The Morgan fingerprint density at radius 1 is 1.17 bits per heavy atom. The summed E-state index contributed by atoms with van der Waals surface area (Å²) >= 11 is 1.41. The Bertz CT molecular complexity index is 1160. The van der Waals surface area contributed by atoms with Crippen molar-refractivity contribution in [1.82, 2.24) is 19.4 Å². The van der Waals surface area contributed by atoms with Crippen molar-refractivity contribution in [1.29, 1.82) is 0 Å². The van der Waals surface area contributed by atoms with Gasteiger partial charge in [-0.3, -0.25) is 19.0 Å². The Morgan fingerprint density at radius 2 is 1.90 bits per heavy atom. The molecule has 156 valence electrons. The van der Waals surface area contributed by atoms with Gasteiger partial charge in [0.1, 0.15) is 12.4 Å². The van der Waals surface area contributed by atoms with E-state index in [-0.39, 0.29) is 29.8 Å². The van der Waals surface area contributed by atoms with E-state index in [2.05, 4.69) is 15.3 Å². The molecule has 30 heavy (non-hydrogen) atoms. The summed E-state index contributed by atoms with van der Waals surface area (Å²) in [6, 6.07) is 7.13. The molecule has 1 aromatic carbocycles. The summed E-state index contributed by atoms with van der Waals surface area (Å²) in [5, 5.41) is 5.86. The molecular formula is C21H23N5O3S. The number of para-hydroxylation sites is 1. The highest BCUT2D eigenvalue weighted by Gasteiger charge is 2.28. The number of aromatic nitrogens is 3. The van der Waals surface area contributed by atoms with Gasteiger partial charge in [0, 0.05) is 24.4 Å². The van der Waals surface area contributed by atoms with Crippen LogP contribution in [0, 0.1) is 19.8 Å². The molecule has 9 heteroatoms. The van der Waals surface area contributed by atoms with Crippen molar-refractivity contribution < 1.29 is 9.59 Å². The minimum absolute atomic E-state index is 0.0439. The van der Waals surface area contributed by atoms with Gasteiger partial charge in [0.05, 0.1) is 16.6 Å². The molecule has 1 aliphatic rings. The van der Waals surface area contributed by atoms with Crippen LogP contribution in [0.5, 0.6) is 0 Å². The monoisotopic (exact) mass is 425 g/mol. The summed E-state index contributed by atoms with van der Waals surface area (Å²) in [7, 11) is 0. The predicted molar refractivity (Wildman–Crippen MR) is 116 cm³/mol. The van der Waals surface area contributed by atoms with Gasteiger partial charge in [0.25, 0.3) is 5.56 Å². The summed E-state index contributed by atoms with van der Waals surface area (Å²) in [6.07, 6.45) is 1.18. The van der Waals surface area contributed by atoms with Crippen molar-refractivity contribution in [3.63, 3.8) is 0 Å². The molecule has 0 saturated carbocycles. The zero-order valence-electron chi connectivity index (χ0n) is 16.9. The molecule has 4 rings (SSSR count). The highest BCUT2D eigenvalue weighted by molar-refractivity contribution is 7.13. The van der Waals surface area contributed by atoms with E-state index in [1.54, 1.807) is 30.0 Å². The molecule has 0 atom stereocenters. The van der Waals surface area contributed by atoms with E-state index in [4.69, 9.17) is 0 Å². The SMILES string of the molecule is Cc1csc(NC(=O)C2CCN(C(=O)Cn3c(C)nc4ccccc4c3=O)CC2)n1. The Morgan fingerprint density at radius 3 is 2.60 bits per heavy atom. The second-order valence-electron chi connectivity index (χ2n) is 7.51. The standard InChI is InChI=1S/C21H23N5O3S/c1-13-12-30-21(22-13)24-19(28)15-7-9-25(10-8-15)18(27)11-26-14(2)23-17-6-4-3-5-16(17)20(26)29/h3-6,12,15H,7-11H2,1-2H3,(H,22,24,28). The van der Waals surface area contributed by atoms with Gasteiger partial charge in [0.2, 0.25) is 11.8 Å². The van der Waals surface area contributed by atoms with Crippen LogP contribution in [0.25, 0.3) is 10.9 Å². The number of aryl methyl sites for hydroxylation is 2. The molecule has 0 spiro atoms. The largest absolute Gasteiger partial charge is 0.341 e. The van der Waals surface area contributed by atoms with Gasteiger partial charge in [-0.05, 0) is 38.8 Å². The van der Waals surface area contributed by atoms with Crippen LogP contribution in [0.15, 0.2) is 34.4 Å². The van der Waals surface area contributed by atoms with Gasteiger partial charge in [-0.15, -0.1) is 11.3 Å². The second-order valence-corrected chi connectivity index (χ2v) is 8.36. The molecular weight excluding hydrogens is 402 g/mol. The molecule has 3 heterocycles. The molecule has 0 radical (unpaired) electrons. The van der Waals surface area contributed by atoms with Crippen LogP contribution in [0.3, 0.4) is 0 Å². The molecule has 2 aromatic heterocycles. The highest BCUT2D eigenvalue weighted by Crippen LogP contribution is 2.21. The Balaban J connectivity index is 1.38. The van der Waals surface area contributed by atoms with E-state index >= 15 is 0 Å². The molecule has 8 nitrogen and oxygen atoms in total. The third-order valence-corrected chi connectivity index (χ3v) is 6.29. The van der Waals surface area contributed by atoms with Crippen molar-refractivity contribution >= 4 is 39.2 Å². The van der Waals surface area contributed by atoms with Crippen LogP contribution in [-0.2, 0) is 16.1 Å². The first kappa shape index (κ1) is 20.2. The number of carbonyl (C=O) groups excluding carboxylic acids is 2. The van der Waals surface area contributed by atoms with E-state index in [0.29, 0.717) is 47.8 Å². The number of fused-ring (bicyclic) bond motifs is 1. The molecule has 1 saturated heterocycles. The smallest absolute Gasteiger partial charge is 0.261 e. The minimum Gasteiger partial charge on any atom is -0.341 e. The number of benzene rings is 1. The number of amides is 2. The zero-order chi connectivity index (χ0) is 21.3. The Hall–Kier alpha value is -3.07. The van der Waals surface area contributed by atoms with Crippen LogP contribution in [-0.4, -0.2) is 44.3 Å². The number of thiazole rings is 1. The van der Waals surface area contributed by atoms with E-state index < -0.39 is 0 Å². The molecule has 0 aliphatic carbocycles. The number of nitrogens with zero attached hydrogens (tertiary/aromatic N) is 4. The van der Waals surface area contributed by atoms with Crippen molar-refractivity contribution in [2.24, 2.45) is 5.92 Å². The maximum atomic E-state index is 12.8. The van der Waals surface area contributed by atoms with Gasteiger partial charge in [-0.25, -0.2) is 9.97 Å². The molecule has 1 N–H and O–H groups in total. The lowest BCUT2D eigenvalue weighted by Crippen LogP contribution is -2.44. The zero-order valence-corrected chi connectivity index (χ0v) is 17.7. The maximum Gasteiger partial charge on any atom is 0.261 e. The van der Waals surface area contributed by atoms with E-state index in [1.165, 1.54) is 15.9 Å². The fourth-order valence-electron chi connectivity index (χ4n) is 3.71. The van der Waals surface area contributed by atoms with E-state index in [9.17, 15) is 14.4 Å². The highest BCUT2D eigenvalue weighted by atomic mass is 32.1. The number of carbonyl (C=O) groups is 2. The summed E-state index contributed by atoms with van der Waals surface area (Å²) in [4.78, 5) is 48.5. The topological polar surface area (TPSA) is 97.2 Å². The Labute approximate surface area is 177 Å². The molecule has 3 aromatic rings. The fraction of sp³-hybridized carbons (Fsp3) is 0.381. The maximum absolute atomic E-state index is 12.8. The lowest BCUT2D eigenvalue weighted by atomic mass is 9.96. The number of rotatable bonds is 4. The quantitative estimate of drug-likeness (QED) is 0.692. The van der Waals surface area contributed by atoms with Crippen molar-refractivity contribution in [3.05, 3.63) is 51.5 Å². The lowest BCUT2D eigenvalue weighted by molar-refractivity contribution is -0.135. The van der Waals surface area contributed by atoms with Crippen LogP contribution in [0.1, 0.15) is 24.4 Å². The van der Waals surface area contributed by atoms with Gasteiger partial charge < -0.3 is 10.2 Å². The normalized spacial score (nSPS) is 14.8. The average Bonchev–Trinajstić information content (AvgIpc) is 3.15. The summed E-state index contributed by atoms with van der Waals surface area (Å²) in [6.45, 7) is 4.55. The number of hydrogen-bond acceptors (Lipinski definition) is 6. The summed E-state index contributed by atoms with van der Waals surface area (Å²) in [5.41, 5.74) is 1.30. The lowest BCUT2D eigenvalue weighted by Gasteiger charge is -2.31. The second kappa shape index (κ2) is 8.35. The van der Waals surface area contributed by atoms with Crippen molar-refractivity contribution in [3.8, 4) is 0 Å². The van der Waals surface area contributed by atoms with Crippen LogP contribution in [0.2, 0.25) is 0 Å². The third-order valence-electron chi connectivity index (χ3n) is 5.41.